The van der Waals surface area contributed by atoms with E-state index in [-0.39, 0.29) is 11.8 Å². The maximum atomic E-state index is 12.3. The Kier molecular flexibility index (Phi) is 3.68. The number of aryl methyl sites for hydroxylation is 2. The van der Waals surface area contributed by atoms with Gasteiger partial charge < -0.3 is 4.90 Å². The third-order valence-corrected chi connectivity index (χ3v) is 3.86. The number of Topliss-reactive ketones (excluding diaryl/α,β-unsaturated/α-hetero) is 1. The van der Waals surface area contributed by atoms with Crippen molar-refractivity contribution in [3.8, 4) is 0 Å². The largest absolute Gasteiger partial charge is 0.337 e. The fraction of sp³-hybridized carbons (Fsp3) is 0.467. The molecule has 3 heterocycles. The predicted molar refractivity (Wildman–Crippen MR) is 79.3 cm³/mol. The normalized spacial score (nSPS) is 18.2. The van der Waals surface area contributed by atoms with E-state index in [4.69, 9.17) is 0 Å². The molecule has 0 radical (unpaired) electrons. The molecule has 110 valence electrons. The lowest BCUT2D eigenvalue weighted by Gasteiger charge is -2.24. The molecule has 1 aliphatic rings. The monoisotopic (exact) mass is 285 g/mol. The molecule has 1 fully saturated rings. The van der Waals surface area contributed by atoms with Crippen LogP contribution in [0.15, 0.2) is 24.7 Å². The second kappa shape index (κ2) is 5.63. The molecule has 2 aromatic rings. The maximum absolute atomic E-state index is 12.3. The van der Waals surface area contributed by atoms with Crippen LogP contribution in [0, 0.1) is 6.92 Å². The molecular weight excluding hydrogens is 266 g/mol. The Hall–Kier alpha value is -2.24. The summed E-state index contributed by atoms with van der Waals surface area (Å²) in [6.45, 7) is 2.87. The first-order valence-corrected chi connectivity index (χ1v) is 7.21. The maximum Gasteiger partial charge on any atom is 0.225 e. The third kappa shape index (κ3) is 2.94. The topological polar surface area (TPSA) is 63.9 Å². The molecule has 0 bridgehead atoms. The van der Waals surface area contributed by atoms with Crippen molar-refractivity contribution in [3.05, 3.63) is 35.9 Å². The van der Waals surface area contributed by atoms with E-state index in [1.807, 2.05) is 20.0 Å². The van der Waals surface area contributed by atoms with Crippen molar-refractivity contribution in [2.45, 2.75) is 32.2 Å². The molecule has 0 amide bonds. The SMILES string of the molecule is Cc1ccnc(N2CCCC2CC(=O)c2cnn(C)c2)n1. The van der Waals surface area contributed by atoms with Crippen LogP contribution in [0.4, 0.5) is 5.95 Å². The fourth-order valence-corrected chi connectivity index (χ4v) is 2.78. The minimum atomic E-state index is 0.132. The molecule has 1 unspecified atom stereocenters. The van der Waals surface area contributed by atoms with E-state index in [1.54, 1.807) is 23.3 Å². The molecule has 21 heavy (non-hydrogen) atoms. The lowest BCUT2D eigenvalue weighted by Crippen LogP contribution is -2.32. The average Bonchev–Trinajstić information content (AvgIpc) is 3.08. The summed E-state index contributed by atoms with van der Waals surface area (Å²) in [6.07, 6.45) is 7.74. The van der Waals surface area contributed by atoms with Gasteiger partial charge in [0.05, 0.1) is 11.8 Å². The number of hydrogen-bond acceptors (Lipinski definition) is 5. The highest BCUT2D eigenvalue weighted by Crippen LogP contribution is 2.25. The van der Waals surface area contributed by atoms with E-state index < -0.39 is 0 Å². The first-order valence-electron chi connectivity index (χ1n) is 7.21. The Balaban J connectivity index is 1.74. The van der Waals surface area contributed by atoms with Crippen LogP contribution in [0.1, 0.15) is 35.3 Å². The second-order valence-corrected chi connectivity index (χ2v) is 5.52. The van der Waals surface area contributed by atoms with Crippen molar-refractivity contribution in [1.82, 2.24) is 19.7 Å². The van der Waals surface area contributed by atoms with Crippen LogP contribution < -0.4 is 4.90 Å². The fourth-order valence-electron chi connectivity index (χ4n) is 2.78. The number of carbonyl (C=O) groups is 1. The molecule has 0 spiro atoms. The van der Waals surface area contributed by atoms with Gasteiger partial charge in [0.2, 0.25) is 5.95 Å². The summed E-state index contributed by atoms with van der Waals surface area (Å²) >= 11 is 0. The van der Waals surface area contributed by atoms with E-state index in [9.17, 15) is 4.79 Å². The summed E-state index contributed by atoms with van der Waals surface area (Å²) in [5, 5.41) is 4.06. The van der Waals surface area contributed by atoms with Gasteiger partial charge in [0.1, 0.15) is 0 Å². The summed E-state index contributed by atoms with van der Waals surface area (Å²) in [6, 6.07) is 2.06. The van der Waals surface area contributed by atoms with Crippen molar-refractivity contribution in [2.75, 3.05) is 11.4 Å². The molecule has 0 N–H and O–H groups in total. The molecule has 1 aliphatic heterocycles. The van der Waals surface area contributed by atoms with Gasteiger partial charge >= 0.3 is 0 Å². The molecule has 0 saturated carbocycles. The zero-order chi connectivity index (χ0) is 14.8. The molecule has 2 aromatic heterocycles. The molecule has 1 saturated heterocycles. The Morgan fingerprint density at radius 1 is 1.48 bits per heavy atom. The minimum absolute atomic E-state index is 0.132. The lowest BCUT2D eigenvalue weighted by molar-refractivity contribution is 0.0974. The number of carbonyl (C=O) groups excluding carboxylic acids is 1. The number of aromatic nitrogens is 4. The smallest absolute Gasteiger partial charge is 0.225 e. The first-order chi connectivity index (χ1) is 10.1. The summed E-state index contributed by atoms with van der Waals surface area (Å²) < 4.78 is 1.66. The standard InChI is InChI=1S/C15H19N5O/c1-11-5-6-16-15(18-11)20-7-3-4-13(20)8-14(21)12-9-17-19(2)10-12/h5-6,9-10,13H,3-4,7-8H2,1-2H3. The number of anilines is 1. The Bertz CT molecular complexity index is 651. The van der Waals surface area contributed by atoms with E-state index >= 15 is 0 Å². The Labute approximate surface area is 123 Å². The molecule has 6 nitrogen and oxygen atoms in total. The van der Waals surface area contributed by atoms with E-state index in [0.717, 1.165) is 31.0 Å². The van der Waals surface area contributed by atoms with Gasteiger partial charge in [-0.15, -0.1) is 0 Å². The number of hydrogen-bond donors (Lipinski definition) is 0. The van der Waals surface area contributed by atoms with Crippen molar-refractivity contribution < 1.29 is 4.79 Å². The molecule has 3 rings (SSSR count). The van der Waals surface area contributed by atoms with E-state index in [0.29, 0.717) is 12.0 Å². The summed E-state index contributed by atoms with van der Waals surface area (Å²) in [5.41, 5.74) is 1.62. The van der Waals surface area contributed by atoms with Crippen LogP contribution in [0.5, 0.6) is 0 Å². The number of rotatable bonds is 4. The summed E-state index contributed by atoms with van der Waals surface area (Å²) in [7, 11) is 1.82. The number of nitrogens with zero attached hydrogens (tertiary/aromatic N) is 5. The van der Waals surface area contributed by atoms with Crippen LogP contribution >= 0.6 is 0 Å². The highest BCUT2D eigenvalue weighted by Gasteiger charge is 2.29. The van der Waals surface area contributed by atoms with Gasteiger partial charge in [-0.25, -0.2) is 9.97 Å². The van der Waals surface area contributed by atoms with Crippen molar-refractivity contribution in [3.63, 3.8) is 0 Å². The van der Waals surface area contributed by atoms with Gasteiger partial charge in [-0.05, 0) is 25.8 Å². The molecule has 0 aliphatic carbocycles. The van der Waals surface area contributed by atoms with Crippen molar-refractivity contribution >= 4 is 11.7 Å². The lowest BCUT2D eigenvalue weighted by atomic mass is 10.0. The molecule has 6 heteroatoms. The molecular formula is C15H19N5O. The van der Waals surface area contributed by atoms with Crippen LogP contribution in [0.3, 0.4) is 0 Å². The summed E-state index contributed by atoms with van der Waals surface area (Å²) in [5.74, 6) is 0.865. The van der Waals surface area contributed by atoms with Crippen LogP contribution in [0.25, 0.3) is 0 Å². The van der Waals surface area contributed by atoms with Crippen molar-refractivity contribution in [1.29, 1.82) is 0 Å². The average molecular weight is 285 g/mol. The highest BCUT2D eigenvalue weighted by molar-refractivity contribution is 5.96. The van der Waals surface area contributed by atoms with E-state index in [1.165, 1.54) is 0 Å². The Morgan fingerprint density at radius 3 is 3.05 bits per heavy atom. The first kappa shape index (κ1) is 13.7. The van der Waals surface area contributed by atoms with Gasteiger partial charge in [-0.3, -0.25) is 9.48 Å². The number of ketones is 1. The zero-order valence-electron chi connectivity index (χ0n) is 12.4. The molecule has 0 aromatic carbocycles. The second-order valence-electron chi connectivity index (χ2n) is 5.52. The van der Waals surface area contributed by atoms with Gasteiger partial charge in [-0.1, -0.05) is 0 Å². The van der Waals surface area contributed by atoms with Crippen LogP contribution in [-0.4, -0.2) is 38.1 Å². The van der Waals surface area contributed by atoms with Crippen LogP contribution in [0.2, 0.25) is 0 Å². The zero-order valence-corrected chi connectivity index (χ0v) is 12.4. The highest BCUT2D eigenvalue weighted by atomic mass is 16.1. The predicted octanol–water partition coefficient (Wildman–Crippen LogP) is 1.76. The third-order valence-electron chi connectivity index (χ3n) is 3.86. The minimum Gasteiger partial charge on any atom is -0.337 e. The van der Waals surface area contributed by atoms with Gasteiger partial charge in [-0.2, -0.15) is 5.10 Å². The summed E-state index contributed by atoms with van der Waals surface area (Å²) in [4.78, 5) is 23.3. The van der Waals surface area contributed by atoms with E-state index in [2.05, 4.69) is 20.0 Å². The van der Waals surface area contributed by atoms with Crippen LogP contribution in [-0.2, 0) is 7.05 Å². The quantitative estimate of drug-likeness (QED) is 0.801. The van der Waals surface area contributed by atoms with Gasteiger partial charge in [0, 0.05) is 44.1 Å². The molecule has 1 atom stereocenters. The van der Waals surface area contributed by atoms with Gasteiger partial charge in [0.15, 0.2) is 5.78 Å². The Morgan fingerprint density at radius 2 is 2.33 bits per heavy atom. The van der Waals surface area contributed by atoms with Crippen molar-refractivity contribution in [2.24, 2.45) is 7.05 Å². The van der Waals surface area contributed by atoms with Gasteiger partial charge in [0.25, 0.3) is 0 Å².